The van der Waals surface area contributed by atoms with Crippen LogP contribution >= 0.6 is 0 Å². The van der Waals surface area contributed by atoms with E-state index < -0.39 is 0 Å². The summed E-state index contributed by atoms with van der Waals surface area (Å²) in [6.45, 7) is 3.86. The zero-order valence-electron chi connectivity index (χ0n) is 13.1. The SMILES string of the molecule is COc1ccnc(N2CCCN(c3cccc[n+]3C)CC2)n1. The Morgan fingerprint density at radius 1 is 1.09 bits per heavy atom. The van der Waals surface area contributed by atoms with Gasteiger partial charge in [-0.1, -0.05) is 6.07 Å². The van der Waals surface area contributed by atoms with Gasteiger partial charge in [0.05, 0.1) is 33.4 Å². The zero-order valence-corrected chi connectivity index (χ0v) is 13.1. The molecule has 2 aromatic rings. The van der Waals surface area contributed by atoms with Crippen molar-refractivity contribution in [2.75, 3.05) is 43.1 Å². The fraction of sp³-hybridized carbons (Fsp3) is 0.438. The Bertz CT molecular complexity index is 633. The fourth-order valence-electron chi connectivity index (χ4n) is 2.79. The smallest absolute Gasteiger partial charge is 0.276 e. The van der Waals surface area contributed by atoms with Gasteiger partial charge in [-0.3, -0.25) is 4.90 Å². The first-order valence-corrected chi connectivity index (χ1v) is 7.59. The minimum atomic E-state index is 0.612. The van der Waals surface area contributed by atoms with Crippen LogP contribution in [0.4, 0.5) is 11.8 Å². The van der Waals surface area contributed by atoms with E-state index in [9.17, 15) is 0 Å². The van der Waals surface area contributed by atoms with Gasteiger partial charge in [-0.25, -0.2) is 9.55 Å². The van der Waals surface area contributed by atoms with Crippen molar-refractivity contribution in [3.63, 3.8) is 0 Å². The molecule has 0 radical (unpaired) electrons. The number of rotatable bonds is 3. The van der Waals surface area contributed by atoms with Crippen molar-refractivity contribution in [1.29, 1.82) is 0 Å². The van der Waals surface area contributed by atoms with Gasteiger partial charge in [-0.05, 0) is 6.07 Å². The Hall–Kier alpha value is -2.37. The molecule has 1 saturated heterocycles. The van der Waals surface area contributed by atoms with E-state index in [2.05, 4.69) is 55.8 Å². The van der Waals surface area contributed by atoms with Crippen LogP contribution in [0, 0.1) is 0 Å². The maximum absolute atomic E-state index is 5.19. The van der Waals surface area contributed by atoms with Crippen molar-refractivity contribution in [2.45, 2.75) is 6.42 Å². The van der Waals surface area contributed by atoms with Crippen molar-refractivity contribution < 1.29 is 9.30 Å². The molecule has 0 atom stereocenters. The molecule has 0 bridgehead atoms. The lowest BCUT2D eigenvalue weighted by Crippen LogP contribution is -2.40. The van der Waals surface area contributed by atoms with Gasteiger partial charge in [0.1, 0.15) is 6.54 Å². The molecule has 0 N–H and O–H groups in total. The number of pyridine rings is 1. The molecule has 1 fully saturated rings. The highest BCUT2D eigenvalue weighted by Gasteiger charge is 2.23. The molecule has 6 heteroatoms. The number of hydrogen-bond acceptors (Lipinski definition) is 5. The summed E-state index contributed by atoms with van der Waals surface area (Å²) < 4.78 is 7.36. The average molecular weight is 300 g/mol. The van der Waals surface area contributed by atoms with E-state index >= 15 is 0 Å². The van der Waals surface area contributed by atoms with Gasteiger partial charge in [0, 0.05) is 31.3 Å². The molecule has 1 aliphatic heterocycles. The Morgan fingerprint density at radius 3 is 2.73 bits per heavy atom. The number of aryl methyl sites for hydroxylation is 1. The van der Waals surface area contributed by atoms with Crippen LogP contribution in [0.25, 0.3) is 0 Å². The summed E-state index contributed by atoms with van der Waals surface area (Å²) in [5, 5.41) is 0. The third kappa shape index (κ3) is 3.10. The molecule has 0 spiro atoms. The predicted molar refractivity (Wildman–Crippen MR) is 85.2 cm³/mol. The van der Waals surface area contributed by atoms with E-state index in [-0.39, 0.29) is 0 Å². The Labute approximate surface area is 131 Å². The molecular weight excluding hydrogens is 278 g/mol. The molecule has 0 amide bonds. The van der Waals surface area contributed by atoms with Crippen LogP contribution in [0.15, 0.2) is 36.7 Å². The predicted octanol–water partition coefficient (Wildman–Crippen LogP) is 1.03. The first-order chi connectivity index (χ1) is 10.8. The maximum Gasteiger partial charge on any atom is 0.276 e. The van der Waals surface area contributed by atoms with Crippen molar-refractivity contribution in [1.82, 2.24) is 9.97 Å². The molecular formula is C16H22N5O+. The largest absolute Gasteiger partial charge is 0.481 e. The summed E-state index contributed by atoms with van der Waals surface area (Å²) >= 11 is 0. The van der Waals surface area contributed by atoms with Crippen LogP contribution in [0.5, 0.6) is 5.88 Å². The van der Waals surface area contributed by atoms with E-state index in [0.717, 1.165) is 38.5 Å². The third-order valence-electron chi connectivity index (χ3n) is 3.96. The van der Waals surface area contributed by atoms with Crippen molar-refractivity contribution >= 4 is 11.8 Å². The summed E-state index contributed by atoms with van der Waals surface area (Å²) in [5.74, 6) is 2.61. The fourth-order valence-corrected chi connectivity index (χ4v) is 2.79. The molecule has 3 heterocycles. The summed E-state index contributed by atoms with van der Waals surface area (Å²) in [7, 11) is 3.72. The van der Waals surface area contributed by atoms with Gasteiger partial charge < -0.3 is 9.64 Å². The number of anilines is 2. The zero-order chi connectivity index (χ0) is 15.4. The van der Waals surface area contributed by atoms with E-state index in [0.29, 0.717) is 5.88 Å². The minimum absolute atomic E-state index is 0.612. The third-order valence-corrected chi connectivity index (χ3v) is 3.96. The molecule has 2 aromatic heterocycles. The maximum atomic E-state index is 5.19. The summed E-state index contributed by atoms with van der Waals surface area (Å²) in [5.41, 5.74) is 0. The van der Waals surface area contributed by atoms with Crippen molar-refractivity contribution in [3.05, 3.63) is 36.7 Å². The minimum Gasteiger partial charge on any atom is -0.481 e. The molecule has 22 heavy (non-hydrogen) atoms. The molecule has 0 aliphatic carbocycles. The van der Waals surface area contributed by atoms with Crippen LogP contribution in [-0.4, -0.2) is 43.3 Å². The molecule has 6 nitrogen and oxygen atoms in total. The Kier molecular flexibility index (Phi) is 4.37. The summed E-state index contributed by atoms with van der Waals surface area (Å²) in [6, 6.07) is 8.08. The second kappa shape index (κ2) is 6.60. The second-order valence-electron chi connectivity index (χ2n) is 5.40. The van der Waals surface area contributed by atoms with Gasteiger partial charge in [0.2, 0.25) is 11.8 Å². The van der Waals surface area contributed by atoms with Crippen LogP contribution in [0.2, 0.25) is 0 Å². The quantitative estimate of drug-likeness (QED) is 0.792. The molecule has 0 aromatic carbocycles. The molecule has 3 rings (SSSR count). The molecule has 1 aliphatic rings. The van der Waals surface area contributed by atoms with Crippen LogP contribution in [0.3, 0.4) is 0 Å². The summed E-state index contributed by atoms with van der Waals surface area (Å²) in [4.78, 5) is 13.5. The van der Waals surface area contributed by atoms with Gasteiger partial charge in [0.25, 0.3) is 5.82 Å². The topological polar surface area (TPSA) is 45.4 Å². The highest BCUT2D eigenvalue weighted by atomic mass is 16.5. The van der Waals surface area contributed by atoms with Gasteiger partial charge >= 0.3 is 0 Å². The lowest BCUT2D eigenvalue weighted by atomic mass is 10.3. The second-order valence-corrected chi connectivity index (χ2v) is 5.40. The van der Waals surface area contributed by atoms with Gasteiger partial charge in [0.15, 0.2) is 0 Å². The molecule has 0 unspecified atom stereocenters. The average Bonchev–Trinajstić information content (AvgIpc) is 2.81. The van der Waals surface area contributed by atoms with Crippen LogP contribution in [0.1, 0.15) is 6.42 Å². The lowest BCUT2D eigenvalue weighted by Gasteiger charge is -2.20. The number of ether oxygens (including phenoxy) is 1. The number of nitrogens with zero attached hydrogens (tertiary/aromatic N) is 5. The number of hydrogen-bond donors (Lipinski definition) is 0. The normalized spacial score (nSPS) is 15.5. The van der Waals surface area contributed by atoms with E-state index in [4.69, 9.17) is 4.74 Å². The monoisotopic (exact) mass is 300 g/mol. The highest BCUT2D eigenvalue weighted by Crippen LogP contribution is 2.16. The standard InChI is InChI=1S/C16H22N5O/c1-19-9-4-3-6-15(19)20-10-5-11-21(13-12-20)16-17-8-7-14(18-16)22-2/h3-4,6-9H,5,10-13H2,1-2H3/q+1. The molecule has 116 valence electrons. The summed E-state index contributed by atoms with van der Waals surface area (Å²) in [6.07, 6.45) is 4.92. The van der Waals surface area contributed by atoms with Crippen LogP contribution in [-0.2, 0) is 7.05 Å². The first kappa shape index (κ1) is 14.6. The first-order valence-electron chi connectivity index (χ1n) is 7.59. The van der Waals surface area contributed by atoms with Crippen LogP contribution < -0.4 is 19.1 Å². The number of methoxy groups -OCH3 is 1. The van der Waals surface area contributed by atoms with E-state index in [1.165, 1.54) is 5.82 Å². The van der Waals surface area contributed by atoms with E-state index in [1.54, 1.807) is 19.4 Å². The Morgan fingerprint density at radius 2 is 1.91 bits per heavy atom. The lowest BCUT2D eigenvalue weighted by molar-refractivity contribution is -0.658. The Balaban J connectivity index is 1.73. The van der Waals surface area contributed by atoms with Gasteiger partial charge in [-0.2, -0.15) is 4.98 Å². The number of aromatic nitrogens is 3. The van der Waals surface area contributed by atoms with Crippen molar-refractivity contribution in [3.8, 4) is 5.88 Å². The molecule has 0 saturated carbocycles. The highest BCUT2D eigenvalue weighted by molar-refractivity contribution is 5.37. The van der Waals surface area contributed by atoms with Crippen molar-refractivity contribution in [2.24, 2.45) is 7.05 Å². The van der Waals surface area contributed by atoms with E-state index in [1.807, 2.05) is 0 Å². The van der Waals surface area contributed by atoms with Gasteiger partial charge in [-0.15, -0.1) is 0 Å².